The van der Waals surface area contributed by atoms with Gasteiger partial charge in [0.1, 0.15) is 17.7 Å². The molecule has 1 aliphatic heterocycles. The number of hydrogen-bond acceptors (Lipinski definition) is 7. The van der Waals surface area contributed by atoms with E-state index in [-0.39, 0.29) is 24.2 Å². The SMILES string of the molecule is CC(C)(C)OC(=O)C(CCCCN)NC(=O)C(Cc1csc2ccccc12)NC(=O)N1CCC(n2c(=O)[nH]c3ccccc32)CC1. The number of nitrogens with zero attached hydrogens (tertiary/aromatic N) is 2. The molecule has 0 spiro atoms. The molecule has 5 rings (SSSR count). The monoisotopic (exact) mass is 648 g/mol. The van der Waals surface area contributed by atoms with Crippen molar-refractivity contribution >= 4 is 50.4 Å². The van der Waals surface area contributed by atoms with E-state index in [0.29, 0.717) is 51.7 Å². The number of piperidine rings is 1. The average molecular weight is 649 g/mol. The summed E-state index contributed by atoms with van der Waals surface area (Å²) >= 11 is 1.58. The predicted octanol–water partition coefficient (Wildman–Crippen LogP) is 4.46. The summed E-state index contributed by atoms with van der Waals surface area (Å²) in [6, 6.07) is 13.3. The van der Waals surface area contributed by atoms with Gasteiger partial charge in [-0.3, -0.25) is 9.36 Å². The highest BCUT2D eigenvalue weighted by Gasteiger charge is 2.32. The van der Waals surface area contributed by atoms with Gasteiger partial charge < -0.3 is 31.0 Å². The number of benzene rings is 2. The third-order valence-electron chi connectivity index (χ3n) is 8.29. The van der Waals surface area contributed by atoms with Crippen LogP contribution >= 0.6 is 11.3 Å². The number of fused-ring (bicyclic) bond motifs is 2. The Labute approximate surface area is 272 Å². The van der Waals surface area contributed by atoms with Gasteiger partial charge in [0.2, 0.25) is 5.91 Å². The zero-order valence-electron chi connectivity index (χ0n) is 26.7. The second-order valence-corrected chi connectivity index (χ2v) is 13.8. The molecular formula is C34H44N6O5S. The van der Waals surface area contributed by atoms with Crippen LogP contribution in [0.25, 0.3) is 21.1 Å². The van der Waals surface area contributed by atoms with Gasteiger partial charge in [-0.25, -0.2) is 14.4 Å². The van der Waals surface area contributed by atoms with Crippen molar-refractivity contribution in [2.24, 2.45) is 5.73 Å². The van der Waals surface area contributed by atoms with Crippen molar-refractivity contribution in [3.8, 4) is 0 Å². The second kappa shape index (κ2) is 14.5. The third-order valence-corrected chi connectivity index (χ3v) is 9.31. The number of likely N-dealkylation sites (tertiary alicyclic amines) is 1. The van der Waals surface area contributed by atoms with E-state index >= 15 is 0 Å². The first-order chi connectivity index (χ1) is 22.0. The van der Waals surface area contributed by atoms with Crippen LogP contribution < -0.4 is 22.1 Å². The van der Waals surface area contributed by atoms with E-state index in [2.05, 4.69) is 15.6 Å². The van der Waals surface area contributed by atoms with Crippen molar-refractivity contribution in [2.75, 3.05) is 19.6 Å². The first-order valence-corrected chi connectivity index (χ1v) is 16.8. The molecular weight excluding hydrogens is 604 g/mol. The summed E-state index contributed by atoms with van der Waals surface area (Å²) in [5.74, 6) is -0.967. The summed E-state index contributed by atoms with van der Waals surface area (Å²) in [5, 5.41) is 8.90. The average Bonchev–Trinajstić information content (AvgIpc) is 3.59. The molecule has 2 aromatic carbocycles. The summed E-state index contributed by atoms with van der Waals surface area (Å²) in [4.78, 5) is 58.0. The van der Waals surface area contributed by atoms with E-state index in [0.717, 1.165) is 26.7 Å². The van der Waals surface area contributed by atoms with Gasteiger partial charge in [0.15, 0.2) is 0 Å². The second-order valence-electron chi connectivity index (χ2n) is 12.9. The number of thiophene rings is 1. The number of aromatic nitrogens is 2. The van der Waals surface area contributed by atoms with Crippen molar-refractivity contribution in [1.29, 1.82) is 0 Å². The van der Waals surface area contributed by atoms with Crippen LogP contribution in [0, 0.1) is 0 Å². The van der Waals surface area contributed by atoms with E-state index < -0.39 is 29.6 Å². The van der Waals surface area contributed by atoms with Crippen LogP contribution in [0.4, 0.5) is 4.79 Å². The summed E-state index contributed by atoms with van der Waals surface area (Å²) in [6.07, 6.45) is 3.18. The number of aromatic amines is 1. The lowest BCUT2D eigenvalue weighted by Gasteiger charge is -2.33. The number of carbonyl (C=O) groups excluding carboxylic acids is 3. The van der Waals surface area contributed by atoms with Gasteiger partial charge in [-0.15, -0.1) is 11.3 Å². The van der Waals surface area contributed by atoms with Crippen LogP contribution in [0.15, 0.2) is 58.7 Å². The molecule has 4 aromatic rings. The Kier molecular flexibility index (Phi) is 10.5. The molecule has 0 bridgehead atoms. The first kappa shape index (κ1) is 33.2. The van der Waals surface area contributed by atoms with Crippen molar-refractivity contribution in [3.05, 3.63) is 70.0 Å². The van der Waals surface area contributed by atoms with Gasteiger partial charge in [0.05, 0.1) is 11.0 Å². The number of ether oxygens (including phenoxy) is 1. The summed E-state index contributed by atoms with van der Waals surface area (Å²) in [5.41, 5.74) is 7.38. The molecule has 5 N–H and O–H groups in total. The Morgan fingerprint density at radius 3 is 2.48 bits per heavy atom. The van der Waals surface area contributed by atoms with Crippen LogP contribution in [0.3, 0.4) is 0 Å². The molecule has 1 fully saturated rings. The van der Waals surface area contributed by atoms with Gasteiger partial charge in [0.25, 0.3) is 0 Å². The molecule has 2 atom stereocenters. The zero-order chi connectivity index (χ0) is 32.8. The molecule has 12 heteroatoms. The normalized spacial score (nSPS) is 15.5. The van der Waals surface area contributed by atoms with Gasteiger partial charge >= 0.3 is 17.7 Å². The number of H-pyrrole nitrogens is 1. The highest BCUT2D eigenvalue weighted by atomic mass is 32.1. The van der Waals surface area contributed by atoms with Gasteiger partial charge in [-0.05, 0) is 93.9 Å². The number of carbonyl (C=O) groups is 3. The predicted molar refractivity (Wildman–Crippen MR) is 181 cm³/mol. The molecule has 11 nitrogen and oxygen atoms in total. The van der Waals surface area contributed by atoms with Gasteiger partial charge in [0, 0.05) is 30.3 Å². The maximum absolute atomic E-state index is 13.9. The lowest BCUT2D eigenvalue weighted by molar-refractivity contribution is -0.159. The fourth-order valence-electron chi connectivity index (χ4n) is 6.01. The van der Waals surface area contributed by atoms with Crippen molar-refractivity contribution in [2.45, 2.75) is 83.0 Å². The lowest BCUT2D eigenvalue weighted by atomic mass is 10.0. The minimum atomic E-state index is -0.932. The van der Waals surface area contributed by atoms with Crippen molar-refractivity contribution in [3.63, 3.8) is 0 Å². The number of urea groups is 1. The molecule has 1 aliphatic rings. The molecule has 3 amide bonds. The minimum Gasteiger partial charge on any atom is -0.458 e. The highest BCUT2D eigenvalue weighted by molar-refractivity contribution is 7.17. The van der Waals surface area contributed by atoms with E-state index in [1.165, 1.54) is 0 Å². The number of imidazole rings is 1. The van der Waals surface area contributed by atoms with E-state index in [1.807, 2.05) is 53.9 Å². The number of nitrogens with one attached hydrogen (secondary N) is 3. The topological polar surface area (TPSA) is 152 Å². The number of esters is 1. The van der Waals surface area contributed by atoms with Crippen LogP contribution in [0.1, 0.15) is 64.5 Å². The van der Waals surface area contributed by atoms with Crippen LogP contribution in [-0.2, 0) is 20.7 Å². The fraction of sp³-hybridized carbons (Fsp3) is 0.471. The number of hydrogen-bond donors (Lipinski definition) is 4. The Hall–Kier alpha value is -4.16. The highest BCUT2D eigenvalue weighted by Crippen LogP contribution is 2.28. The van der Waals surface area contributed by atoms with E-state index in [4.69, 9.17) is 10.5 Å². The molecule has 0 aliphatic carbocycles. The molecule has 1 saturated heterocycles. The number of rotatable bonds is 11. The minimum absolute atomic E-state index is 0.0490. The summed E-state index contributed by atoms with van der Waals surface area (Å²) < 4.78 is 8.49. The summed E-state index contributed by atoms with van der Waals surface area (Å²) in [7, 11) is 0. The van der Waals surface area contributed by atoms with Crippen LogP contribution in [-0.4, -0.2) is 69.7 Å². The number of unbranched alkanes of at least 4 members (excludes halogenated alkanes) is 1. The Bertz CT molecular complexity index is 1730. The standard InChI is InChI=1S/C34H44N6O5S/c1-34(2,3)45-31(42)26(12-8-9-17-35)36-30(41)27(20-22-21-46-29-14-7-4-10-24(22)29)38-32(43)39-18-15-23(16-19-39)40-28-13-6-5-11-25(28)37-33(40)44/h4-7,10-11,13-14,21,23,26-27H,8-9,12,15-20,35H2,1-3H3,(H,36,41)(H,37,44)(H,38,43). The first-order valence-electron chi connectivity index (χ1n) is 16.0. The van der Waals surface area contributed by atoms with Gasteiger partial charge in [-0.2, -0.15) is 0 Å². The van der Waals surface area contributed by atoms with Crippen molar-refractivity contribution in [1.82, 2.24) is 25.1 Å². The molecule has 0 radical (unpaired) electrons. The Morgan fingerprint density at radius 2 is 1.74 bits per heavy atom. The molecule has 3 heterocycles. The maximum Gasteiger partial charge on any atom is 0.329 e. The Balaban J connectivity index is 1.31. The Morgan fingerprint density at radius 1 is 1.02 bits per heavy atom. The zero-order valence-corrected chi connectivity index (χ0v) is 27.5. The van der Waals surface area contributed by atoms with E-state index in [1.54, 1.807) is 41.6 Å². The quantitative estimate of drug-likeness (QED) is 0.139. The van der Waals surface area contributed by atoms with E-state index in [9.17, 15) is 19.2 Å². The molecule has 0 saturated carbocycles. The fourth-order valence-corrected chi connectivity index (χ4v) is 6.99. The third kappa shape index (κ3) is 7.97. The molecule has 2 unspecified atom stereocenters. The van der Waals surface area contributed by atoms with Crippen molar-refractivity contribution < 1.29 is 19.1 Å². The number of amides is 3. The smallest absolute Gasteiger partial charge is 0.329 e. The lowest BCUT2D eigenvalue weighted by Crippen LogP contribution is -2.56. The summed E-state index contributed by atoms with van der Waals surface area (Å²) in [6.45, 7) is 6.69. The number of para-hydroxylation sites is 2. The molecule has 46 heavy (non-hydrogen) atoms. The van der Waals surface area contributed by atoms with Crippen LogP contribution in [0.5, 0.6) is 0 Å². The van der Waals surface area contributed by atoms with Crippen LogP contribution in [0.2, 0.25) is 0 Å². The molecule has 2 aromatic heterocycles. The number of nitrogens with two attached hydrogens (primary N) is 1. The van der Waals surface area contributed by atoms with Gasteiger partial charge in [-0.1, -0.05) is 30.3 Å². The maximum atomic E-state index is 13.9. The molecule has 246 valence electrons. The largest absolute Gasteiger partial charge is 0.458 e.